The number of hydrogen-bond acceptors (Lipinski definition) is 15. The summed E-state index contributed by atoms with van der Waals surface area (Å²) in [4.78, 5) is 48.5. The zero-order valence-electron chi connectivity index (χ0n) is 40.5. The maximum absolute atomic E-state index is 15.6. The molecule has 5 heterocycles. The Bertz CT molecular complexity index is 2850. The lowest BCUT2D eigenvalue weighted by atomic mass is 9.87. The summed E-state index contributed by atoms with van der Waals surface area (Å²) in [6.07, 6.45) is 4.56. The molecular formula is C50H60F2N11O9+. The Hall–Kier alpha value is -7.27. The molecule has 2 aliphatic rings. The molecule has 2 aliphatic heterocycles. The first-order valence-corrected chi connectivity index (χ1v) is 23.8. The summed E-state index contributed by atoms with van der Waals surface area (Å²) < 4.78 is 59.3. The van der Waals surface area contributed by atoms with Crippen LogP contribution in [0, 0.1) is 17.6 Å². The molecule has 22 heteroatoms. The molecule has 0 aliphatic carbocycles. The fourth-order valence-electron chi connectivity index (χ4n) is 9.08. The fraction of sp³-hybridized carbons (Fsp3) is 0.420. The number of benzene rings is 3. The van der Waals surface area contributed by atoms with Gasteiger partial charge >= 0.3 is 17.8 Å². The minimum absolute atomic E-state index is 0.0433. The zero-order chi connectivity index (χ0) is 51.1. The van der Waals surface area contributed by atoms with Gasteiger partial charge in [0.25, 0.3) is 6.33 Å². The molecule has 6 aromatic rings. The van der Waals surface area contributed by atoms with Crippen molar-refractivity contribution >= 4 is 29.3 Å². The van der Waals surface area contributed by atoms with Crippen LogP contribution < -0.4 is 35.4 Å². The molecule has 20 nitrogen and oxygen atoms in total. The van der Waals surface area contributed by atoms with E-state index in [1.54, 1.807) is 41.6 Å². The van der Waals surface area contributed by atoms with E-state index in [0.29, 0.717) is 29.8 Å². The highest BCUT2D eigenvalue weighted by atomic mass is 19.1. The first kappa shape index (κ1) is 51.1. The van der Waals surface area contributed by atoms with Gasteiger partial charge in [0.1, 0.15) is 54.3 Å². The number of halogens is 2. The molecule has 6 atom stereocenters. The van der Waals surface area contributed by atoms with Crippen LogP contribution in [0.5, 0.6) is 5.75 Å². The van der Waals surface area contributed by atoms with E-state index in [9.17, 15) is 23.9 Å². The number of hydrogen-bond donors (Lipinski definition) is 3. The van der Waals surface area contributed by atoms with E-state index in [0.717, 1.165) is 48.5 Å². The topological polar surface area (TPSA) is 222 Å². The van der Waals surface area contributed by atoms with Crippen LogP contribution in [0.15, 0.2) is 109 Å². The summed E-state index contributed by atoms with van der Waals surface area (Å²) in [5.41, 5.74) is 7.38. The Morgan fingerprint density at radius 1 is 0.986 bits per heavy atom. The molecule has 3 aromatic heterocycles. The predicted molar refractivity (Wildman–Crippen MR) is 258 cm³/mol. The van der Waals surface area contributed by atoms with E-state index in [2.05, 4.69) is 25.0 Å². The van der Waals surface area contributed by atoms with Crippen LogP contribution in [0.4, 0.5) is 30.8 Å². The number of carbonyl (C=O) groups is 2. The molecule has 0 spiro atoms. The smallest absolute Gasteiger partial charge is 0.418 e. The third-order valence-electron chi connectivity index (χ3n) is 13.1. The summed E-state index contributed by atoms with van der Waals surface area (Å²) in [7, 11) is 1.45. The number of aromatic nitrogens is 7. The van der Waals surface area contributed by atoms with Crippen molar-refractivity contribution in [3.05, 3.63) is 137 Å². The van der Waals surface area contributed by atoms with E-state index in [-0.39, 0.29) is 49.4 Å². The Labute approximate surface area is 414 Å². The van der Waals surface area contributed by atoms with E-state index < -0.39 is 60.3 Å². The third-order valence-corrected chi connectivity index (χ3v) is 13.1. The first-order valence-electron chi connectivity index (χ1n) is 23.8. The first-order chi connectivity index (χ1) is 34.7. The van der Waals surface area contributed by atoms with Gasteiger partial charge in [-0.3, -0.25) is 9.69 Å². The van der Waals surface area contributed by atoms with E-state index in [1.165, 1.54) is 47.3 Å². The largest absolute Gasteiger partial charge is 0.493 e. The maximum Gasteiger partial charge on any atom is 0.418 e. The van der Waals surface area contributed by atoms with Gasteiger partial charge in [0.05, 0.1) is 37.7 Å². The fourth-order valence-corrected chi connectivity index (χ4v) is 9.08. The van der Waals surface area contributed by atoms with Crippen molar-refractivity contribution in [2.24, 2.45) is 11.7 Å². The number of aliphatic hydroxyl groups is 2. The average molecular weight is 997 g/mol. The molecule has 0 bridgehead atoms. The normalized spacial score (nSPS) is 18.6. The van der Waals surface area contributed by atoms with Gasteiger partial charge in [0.2, 0.25) is 12.6 Å². The zero-order valence-corrected chi connectivity index (χ0v) is 40.5. The van der Waals surface area contributed by atoms with E-state index in [1.807, 2.05) is 55.5 Å². The highest BCUT2D eigenvalue weighted by molar-refractivity contribution is 5.86. The molecule has 2 saturated heterocycles. The summed E-state index contributed by atoms with van der Waals surface area (Å²) in [5.74, 6) is -1.62. The van der Waals surface area contributed by atoms with Gasteiger partial charge in [0, 0.05) is 85.9 Å². The highest BCUT2D eigenvalue weighted by Crippen LogP contribution is 2.42. The second-order valence-electron chi connectivity index (χ2n) is 18.1. The van der Waals surface area contributed by atoms with Crippen molar-refractivity contribution in [2.45, 2.75) is 76.8 Å². The summed E-state index contributed by atoms with van der Waals surface area (Å²) in [5, 5.41) is 28.0. The second-order valence-corrected chi connectivity index (χ2v) is 18.1. The number of carbonyl (C=O) groups excluding carboxylic acids is 2. The standard InChI is InChI=1S/C50H60F2N11O9/c1-5-45(33(2)65)63-48(67)62(31-56-63)40-11-9-38(10-12-40)58-19-21-59(22-20-58)39-13-15-41(16-14-39)69-26-35-24-50(71-27-35,42-17-8-37(51)23-43(42)52)29-61-32-60(30-55-61)34(3)72-49(68)57(4)46-36(7-6-18-54-46)28-70-47(66)44(53)25-64/h6-18,23,30-35,44-45,64-65H,5,19-22,24-29,53H2,1-4H3/q+1/t33-,34?,35+,44-,45-,50-/m0/s1. The molecule has 0 saturated carbocycles. The van der Waals surface area contributed by atoms with Gasteiger partial charge in [0.15, 0.2) is 0 Å². The lowest BCUT2D eigenvalue weighted by Gasteiger charge is -2.37. The van der Waals surface area contributed by atoms with Gasteiger partial charge in [-0.15, -0.1) is 4.68 Å². The number of pyridine rings is 1. The van der Waals surface area contributed by atoms with Crippen LogP contribution in [0.25, 0.3) is 5.69 Å². The molecule has 4 N–H and O–H groups in total. The van der Waals surface area contributed by atoms with Gasteiger partial charge in [-0.25, -0.2) is 32.6 Å². The highest BCUT2D eigenvalue weighted by Gasteiger charge is 2.46. The molecular weight excluding hydrogens is 937 g/mol. The van der Waals surface area contributed by atoms with Crippen molar-refractivity contribution in [3.63, 3.8) is 0 Å². The number of nitrogens with two attached hydrogens (primary N) is 1. The van der Waals surface area contributed by atoms with Crippen molar-refractivity contribution in [3.8, 4) is 11.4 Å². The minimum Gasteiger partial charge on any atom is -0.493 e. The Morgan fingerprint density at radius 2 is 1.67 bits per heavy atom. The van der Waals surface area contributed by atoms with E-state index in [4.69, 9.17) is 29.8 Å². The number of anilines is 3. The Morgan fingerprint density at radius 3 is 2.32 bits per heavy atom. The summed E-state index contributed by atoms with van der Waals surface area (Å²) >= 11 is 0. The van der Waals surface area contributed by atoms with Crippen LogP contribution in [0.1, 0.15) is 57.0 Å². The number of amides is 1. The summed E-state index contributed by atoms with van der Waals surface area (Å²) in [6.45, 7) is 8.09. The average Bonchev–Trinajstić information content (AvgIpc) is 4.14. The van der Waals surface area contributed by atoms with Crippen LogP contribution in [-0.2, 0) is 37.8 Å². The number of nitrogens with zero attached hydrogens (tertiary/aromatic N) is 10. The number of esters is 1. The third kappa shape index (κ3) is 11.4. The monoisotopic (exact) mass is 996 g/mol. The molecule has 8 rings (SSSR count). The Balaban J connectivity index is 0.849. The molecule has 72 heavy (non-hydrogen) atoms. The van der Waals surface area contributed by atoms with Crippen LogP contribution >= 0.6 is 0 Å². The summed E-state index contributed by atoms with van der Waals surface area (Å²) in [6, 6.07) is 20.8. The number of rotatable bonds is 19. The molecule has 1 amide bonds. The molecule has 1 unspecified atom stereocenters. The van der Waals surface area contributed by atoms with Gasteiger partial charge in [-0.05, 0) is 80.4 Å². The molecule has 3 aromatic carbocycles. The molecule has 2 fully saturated rings. The lowest BCUT2D eigenvalue weighted by molar-refractivity contribution is -0.753. The van der Waals surface area contributed by atoms with Crippen LogP contribution in [0.3, 0.4) is 0 Å². The van der Waals surface area contributed by atoms with Crippen molar-refractivity contribution in [1.29, 1.82) is 0 Å². The van der Waals surface area contributed by atoms with Gasteiger partial charge < -0.3 is 44.7 Å². The number of aliphatic hydroxyl groups excluding tert-OH is 2. The van der Waals surface area contributed by atoms with Crippen LogP contribution in [-0.4, -0.2) is 117 Å². The molecule has 382 valence electrons. The van der Waals surface area contributed by atoms with Gasteiger partial charge in [-0.1, -0.05) is 19.1 Å². The number of piperazine rings is 1. The van der Waals surface area contributed by atoms with E-state index >= 15 is 4.39 Å². The second kappa shape index (κ2) is 22.4. The van der Waals surface area contributed by atoms with Crippen molar-refractivity contribution < 1.29 is 52.1 Å². The quantitative estimate of drug-likeness (QED) is 0.0771. The van der Waals surface area contributed by atoms with Gasteiger partial charge in [-0.2, -0.15) is 9.67 Å². The SMILES string of the molecule is CC[C@@H]([C@H](C)O)n1ncn(-c2ccc(N3CCN(c4ccc(OC[C@@H]5CO[C@@](Cn6c[n+](C(C)OC(=O)N(C)c7ncccc7COC(=O)[C@@H](N)CO)cn6)(c6ccc(F)cc6F)C5)cc4)CC3)cc2)c1=O. The van der Waals surface area contributed by atoms with Crippen molar-refractivity contribution in [2.75, 3.05) is 67.7 Å². The lowest BCUT2D eigenvalue weighted by Crippen LogP contribution is -2.46. The Kier molecular flexibility index (Phi) is 15.9. The minimum atomic E-state index is -1.24. The van der Waals surface area contributed by atoms with Crippen LogP contribution in [0.2, 0.25) is 0 Å². The van der Waals surface area contributed by atoms with Crippen molar-refractivity contribution in [1.82, 2.24) is 29.1 Å². The maximum atomic E-state index is 15.6. The number of ether oxygens (including phenoxy) is 4. The predicted octanol–water partition coefficient (Wildman–Crippen LogP) is 4.02. The molecule has 0 radical (unpaired) electrons.